The lowest BCUT2D eigenvalue weighted by Crippen LogP contribution is -2.27. The van der Waals surface area contributed by atoms with Crippen LogP contribution in [-0.4, -0.2) is 51.7 Å². The van der Waals surface area contributed by atoms with Crippen LogP contribution in [0.1, 0.15) is 32.6 Å². The Labute approximate surface area is 106 Å². The largest absolute Gasteiger partial charge is 0.396 e. The van der Waals surface area contributed by atoms with E-state index in [9.17, 15) is 0 Å². The maximum atomic E-state index is 8.92. The third-order valence-corrected chi connectivity index (χ3v) is 2.73. The van der Waals surface area contributed by atoms with Crippen molar-refractivity contribution in [3.63, 3.8) is 0 Å². The minimum Gasteiger partial charge on any atom is -0.396 e. The molecule has 0 rings (SSSR count). The molecular weight excluding hydrogens is 218 g/mol. The molecule has 0 saturated heterocycles. The normalized spacial score (nSPS) is 12.9. The highest BCUT2D eigenvalue weighted by Crippen LogP contribution is 2.08. The van der Waals surface area contributed by atoms with Crippen LogP contribution in [0, 0.1) is 5.92 Å². The van der Waals surface area contributed by atoms with Crippen molar-refractivity contribution in [2.24, 2.45) is 5.92 Å². The van der Waals surface area contributed by atoms with Crippen molar-refractivity contribution in [1.29, 1.82) is 0 Å². The number of hydrogen-bond acceptors (Lipinski definition) is 4. The van der Waals surface area contributed by atoms with Crippen LogP contribution in [0.2, 0.25) is 0 Å². The second-order valence-electron chi connectivity index (χ2n) is 4.33. The van der Waals surface area contributed by atoms with Gasteiger partial charge in [0.2, 0.25) is 0 Å². The third-order valence-electron chi connectivity index (χ3n) is 2.73. The number of aliphatic hydroxyl groups excluding tert-OH is 1. The van der Waals surface area contributed by atoms with Gasteiger partial charge in [-0.15, -0.1) is 0 Å². The highest BCUT2D eigenvalue weighted by molar-refractivity contribution is 4.61. The van der Waals surface area contributed by atoms with E-state index in [2.05, 4.69) is 12.2 Å². The predicted molar refractivity (Wildman–Crippen MR) is 70.3 cm³/mol. The maximum Gasteiger partial charge on any atom is 0.0590 e. The van der Waals surface area contributed by atoms with Gasteiger partial charge < -0.3 is 19.9 Å². The summed E-state index contributed by atoms with van der Waals surface area (Å²) in [6.45, 7) is 6.63. The van der Waals surface area contributed by atoms with Crippen LogP contribution in [-0.2, 0) is 9.47 Å². The second kappa shape index (κ2) is 13.9. The molecule has 0 aliphatic rings. The first-order chi connectivity index (χ1) is 8.35. The van der Waals surface area contributed by atoms with E-state index in [0.717, 1.165) is 45.8 Å². The van der Waals surface area contributed by atoms with E-state index in [1.54, 1.807) is 7.11 Å². The molecule has 1 atom stereocenters. The van der Waals surface area contributed by atoms with E-state index in [1.807, 2.05) is 0 Å². The summed E-state index contributed by atoms with van der Waals surface area (Å²) in [5.74, 6) is 0.596. The Morgan fingerprint density at radius 3 is 2.65 bits per heavy atom. The Hall–Kier alpha value is -0.160. The quantitative estimate of drug-likeness (QED) is 0.483. The molecule has 4 nitrogen and oxygen atoms in total. The number of nitrogens with one attached hydrogen (secondary N) is 1. The van der Waals surface area contributed by atoms with Gasteiger partial charge in [0.1, 0.15) is 0 Å². The van der Waals surface area contributed by atoms with Crippen LogP contribution in [0.5, 0.6) is 0 Å². The Morgan fingerprint density at radius 2 is 2.00 bits per heavy atom. The van der Waals surface area contributed by atoms with Gasteiger partial charge in [-0.25, -0.2) is 0 Å². The molecule has 0 radical (unpaired) electrons. The molecule has 0 bridgehead atoms. The number of ether oxygens (including phenoxy) is 2. The van der Waals surface area contributed by atoms with Crippen LogP contribution >= 0.6 is 0 Å². The minimum atomic E-state index is 0.292. The standard InChI is InChI=1S/C13H29NO3/c1-3-5-13(6-8-15)12-14-7-11-17-10-4-9-16-2/h13-15H,3-12H2,1-2H3. The van der Waals surface area contributed by atoms with Gasteiger partial charge in [-0.05, 0) is 31.7 Å². The molecule has 2 N–H and O–H groups in total. The van der Waals surface area contributed by atoms with E-state index < -0.39 is 0 Å². The molecule has 0 aromatic carbocycles. The zero-order valence-electron chi connectivity index (χ0n) is 11.4. The SMILES string of the molecule is CCCC(CCO)CNCCOCCCOC. The lowest BCUT2D eigenvalue weighted by Gasteiger charge is -2.15. The average molecular weight is 247 g/mol. The average Bonchev–Trinajstić information content (AvgIpc) is 2.33. The summed E-state index contributed by atoms with van der Waals surface area (Å²) in [4.78, 5) is 0. The van der Waals surface area contributed by atoms with Gasteiger partial charge in [0, 0.05) is 33.5 Å². The first kappa shape index (κ1) is 16.8. The predicted octanol–water partition coefficient (Wildman–Crippen LogP) is 1.43. The molecule has 4 heteroatoms. The Morgan fingerprint density at radius 1 is 1.18 bits per heavy atom. The summed E-state index contributed by atoms with van der Waals surface area (Å²) < 4.78 is 10.4. The van der Waals surface area contributed by atoms with E-state index in [0.29, 0.717) is 12.5 Å². The van der Waals surface area contributed by atoms with Gasteiger partial charge in [-0.3, -0.25) is 0 Å². The Bertz CT molecular complexity index is 139. The second-order valence-corrected chi connectivity index (χ2v) is 4.33. The van der Waals surface area contributed by atoms with Crippen molar-refractivity contribution in [3.8, 4) is 0 Å². The van der Waals surface area contributed by atoms with Crippen LogP contribution < -0.4 is 5.32 Å². The summed E-state index contributed by atoms with van der Waals surface area (Å²) in [5, 5.41) is 12.3. The fourth-order valence-corrected chi connectivity index (χ4v) is 1.80. The van der Waals surface area contributed by atoms with Gasteiger partial charge in [-0.2, -0.15) is 0 Å². The highest BCUT2D eigenvalue weighted by atomic mass is 16.5. The van der Waals surface area contributed by atoms with Crippen molar-refractivity contribution in [2.45, 2.75) is 32.6 Å². The maximum absolute atomic E-state index is 8.92. The smallest absolute Gasteiger partial charge is 0.0590 e. The summed E-state index contributed by atoms with van der Waals surface area (Å²) in [7, 11) is 1.70. The van der Waals surface area contributed by atoms with Gasteiger partial charge >= 0.3 is 0 Å². The van der Waals surface area contributed by atoms with Crippen LogP contribution in [0.25, 0.3) is 0 Å². The molecule has 1 unspecified atom stereocenters. The Balaban J connectivity index is 3.23. The molecule has 0 heterocycles. The van der Waals surface area contributed by atoms with Crippen molar-refractivity contribution < 1.29 is 14.6 Å². The molecule has 0 spiro atoms. The van der Waals surface area contributed by atoms with E-state index in [1.165, 1.54) is 12.8 Å². The molecule has 0 aromatic rings. The first-order valence-corrected chi connectivity index (χ1v) is 6.73. The zero-order valence-corrected chi connectivity index (χ0v) is 11.4. The van der Waals surface area contributed by atoms with E-state index in [4.69, 9.17) is 14.6 Å². The summed E-state index contributed by atoms with van der Waals surface area (Å²) in [6.07, 6.45) is 4.22. The summed E-state index contributed by atoms with van der Waals surface area (Å²) in [5.41, 5.74) is 0. The molecular formula is C13H29NO3. The Kier molecular flexibility index (Phi) is 13.8. The van der Waals surface area contributed by atoms with Crippen molar-refractivity contribution in [3.05, 3.63) is 0 Å². The molecule has 0 saturated carbocycles. The molecule has 0 aromatic heterocycles. The third kappa shape index (κ3) is 12.1. The molecule has 0 aliphatic heterocycles. The van der Waals surface area contributed by atoms with Crippen LogP contribution in [0.4, 0.5) is 0 Å². The van der Waals surface area contributed by atoms with Crippen LogP contribution in [0.3, 0.4) is 0 Å². The monoisotopic (exact) mass is 247 g/mol. The highest BCUT2D eigenvalue weighted by Gasteiger charge is 2.05. The lowest BCUT2D eigenvalue weighted by atomic mass is 10.0. The number of rotatable bonds is 13. The molecule has 0 fully saturated rings. The van der Waals surface area contributed by atoms with Gasteiger partial charge in [0.05, 0.1) is 6.61 Å². The lowest BCUT2D eigenvalue weighted by molar-refractivity contribution is 0.103. The van der Waals surface area contributed by atoms with Gasteiger partial charge in [0.15, 0.2) is 0 Å². The molecule has 104 valence electrons. The first-order valence-electron chi connectivity index (χ1n) is 6.73. The molecule has 17 heavy (non-hydrogen) atoms. The molecule has 0 aliphatic carbocycles. The minimum absolute atomic E-state index is 0.292. The summed E-state index contributed by atoms with van der Waals surface area (Å²) >= 11 is 0. The van der Waals surface area contributed by atoms with E-state index in [-0.39, 0.29) is 0 Å². The van der Waals surface area contributed by atoms with E-state index >= 15 is 0 Å². The fourth-order valence-electron chi connectivity index (χ4n) is 1.80. The summed E-state index contributed by atoms with van der Waals surface area (Å²) in [6, 6.07) is 0. The van der Waals surface area contributed by atoms with Crippen molar-refractivity contribution in [2.75, 3.05) is 46.6 Å². The zero-order chi connectivity index (χ0) is 12.8. The number of methoxy groups -OCH3 is 1. The number of aliphatic hydroxyl groups is 1. The fraction of sp³-hybridized carbons (Fsp3) is 1.00. The van der Waals surface area contributed by atoms with Crippen molar-refractivity contribution in [1.82, 2.24) is 5.32 Å². The topological polar surface area (TPSA) is 50.7 Å². The molecule has 0 amide bonds. The van der Waals surface area contributed by atoms with Crippen molar-refractivity contribution >= 4 is 0 Å². The van der Waals surface area contributed by atoms with Gasteiger partial charge in [0.25, 0.3) is 0 Å². The van der Waals surface area contributed by atoms with Crippen LogP contribution in [0.15, 0.2) is 0 Å². The van der Waals surface area contributed by atoms with Gasteiger partial charge in [-0.1, -0.05) is 13.3 Å². The number of hydrogen-bond donors (Lipinski definition) is 2.